The molecule has 0 aliphatic heterocycles. The first-order chi connectivity index (χ1) is 11.1. The third kappa shape index (κ3) is 12.5. The largest absolute Gasteiger partial charge is 0.386 e. The van der Waals surface area contributed by atoms with Crippen LogP contribution in [0.2, 0.25) is 0 Å². The first kappa shape index (κ1) is 21.2. The Hall–Kier alpha value is -1.75. The molecule has 130 valence electrons. The molecule has 23 heavy (non-hydrogen) atoms. The average Bonchev–Trinajstić information content (AvgIpc) is 2.52. The van der Waals surface area contributed by atoms with E-state index in [-0.39, 0.29) is 6.42 Å². The van der Waals surface area contributed by atoms with Gasteiger partial charge in [0.2, 0.25) is 6.04 Å². The van der Waals surface area contributed by atoms with E-state index in [0.29, 0.717) is 12.8 Å². The highest BCUT2D eigenvalue weighted by Gasteiger charge is 2.27. The van der Waals surface area contributed by atoms with Crippen molar-refractivity contribution in [3.05, 3.63) is 46.6 Å². The normalized spacial score (nSPS) is 14.7. The quantitative estimate of drug-likeness (QED) is 0.172. The van der Waals surface area contributed by atoms with Crippen molar-refractivity contribution < 1.29 is 14.8 Å². The Morgan fingerprint density at radius 2 is 1.65 bits per heavy atom. The van der Waals surface area contributed by atoms with E-state index in [1.807, 2.05) is 25.2 Å². The number of rotatable bonds is 14. The molecule has 0 saturated heterocycles. The molecule has 0 aromatic heterocycles. The van der Waals surface area contributed by atoms with E-state index in [1.165, 1.54) is 0 Å². The molecule has 0 aliphatic rings. The molecule has 5 nitrogen and oxygen atoms in total. The Morgan fingerprint density at radius 3 is 2.30 bits per heavy atom. The van der Waals surface area contributed by atoms with Gasteiger partial charge in [0.1, 0.15) is 12.4 Å². The maximum Gasteiger partial charge on any atom is 0.242 e. The van der Waals surface area contributed by atoms with Gasteiger partial charge in [-0.2, -0.15) is 0 Å². The lowest BCUT2D eigenvalue weighted by atomic mass is 10.0. The van der Waals surface area contributed by atoms with Gasteiger partial charge in [-0.15, -0.1) is 0 Å². The summed E-state index contributed by atoms with van der Waals surface area (Å²) in [7, 11) is 0. The van der Waals surface area contributed by atoms with Crippen molar-refractivity contribution in [1.29, 1.82) is 0 Å². The van der Waals surface area contributed by atoms with Gasteiger partial charge < -0.3 is 9.90 Å². The zero-order valence-electron chi connectivity index (χ0n) is 14.0. The molecule has 0 saturated carbocycles. The second kappa shape index (κ2) is 15.2. The molecule has 0 fully saturated rings. The fourth-order valence-corrected chi connectivity index (χ4v) is 2.06. The molecule has 0 aromatic rings. The predicted molar refractivity (Wildman–Crippen MR) is 92.9 cm³/mol. The van der Waals surface area contributed by atoms with E-state index in [9.17, 15) is 20.0 Å². The molecule has 0 amide bonds. The van der Waals surface area contributed by atoms with E-state index in [2.05, 4.69) is 6.08 Å². The molecule has 0 rings (SSSR count). The van der Waals surface area contributed by atoms with Crippen molar-refractivity contribution in [1.82, 2.24) is 0 Å². The number of nitro groups is 1. The first-order valence-electron chi connectivity index (χ1n) is 8.33. The molecule has 0 aliphatic carbocycles. The minimum absolute atomic E-state index is 0.260. The van der Waals surface area contributed by atoms with Crippen LogP contribution in [-0.2, 0) is 4.79 Å². The second-order valence-electron chi connectivity index (χ2n) is 5.40. The van der Waals surface area contributed by atoms with E-state index in [0.717, 1.165) is 38.4 Å². The van der Waals surface area contributed by atoms with Crippen LogP contribution in [0.1, 0.15) is 58.3 Å². The predicted octanol–water partition coefficient (Wildman–Crippen LogP) is 4.00. The summed E-state index contributed by atoms with van der Waals surface area (Å²) in [5.41, 5.74) is 0. The van der Waals surface area contributed by atoms with E-state index in [1.54, 1.807) is 12.2 Å². The number of allylic oxidation sites excluding steroid dienone is 4. The number of aliphatic hydroxyl groups excluding tert-OH is 1. The zero-order chi connectivity index (χ0) is 17.3. The minimum Gasteiger partial charge on any atom is -0.386 e. The van der Waals surface area contributed by atoms with Gasteiger partial charge in [0.15, 0.2) is 0 Å². The number of carbonyl (C=O) groups is 1. The summed E-state index contributed by atoms with van der Waals surface area (Å²) in [4.78, 5) is 20.7. The standard InChI is InChI=1S/C18H29NO4/c1-2-3-11-14-17(19(22)23)18(21)15-12-9-7-5-4-6-8-10-13-16-20/h3-5,9,11-12,16-18,21H,2,6-8,10,13-15H2,1H3/b5-4-,11-3-,12-9-. The summed E-state index contributed by atoms with van der Waals surface area (Å²) in [6.45, 7) is 1.96. The van der Waals surface area contributed by atoms with Crippen molar-refractivity contribution in [3.63, 3.8) is 0 Å². The molecule has 0 spiro atoms. The topological polar surface area (TPSA) is 80.4 Å². The fraction of sp³-hybridized carbons (Fsp3) is 0.611. The fourth-order valence-electron chi connectivity index (χ4n) is 2.06. The number of hydrogen-bond acceptors (Lipinski definition) is 4. The molecule has 0 bridgehead atoms. The van der Waals surface area contributed by atoms with Crippen LogP contribution in [0.5, 0.6) is 0 Å². The number of unbranched alkanes of at least 4 members (excludes halogenated alkanes) is 3. The molecule has 2 atom stereocenters. The van der Waals surface area contributed by atoms with Crippen LogP contribution in [0.3, 0.4) is 0 Å². The van der Waals surface area contributed by atoms with Crippen molar-refractivity contribution >= 4 is 6.29 Å². The van der Waals surface area contributed by atoms with E-state index in [4.69, 9.17) is 0 Å². The highest BCUT2D eigenvalue weighted by molar-refractivity contribution is 5.48. The second-order valence-corrected chi connectivity index (χ2v) is 5.40. The summed E-state index contributed by atoms with van der Waals surface area (Å²) < 4.78 is 0. The maximum atomic E-state index is 11.0. The molecule has 0 radical (unpaired) electrons. The lowest BCUT2D eigenvalue weighted by Gasteiger charge is -2.12. The molecule has 5 heteroatoms. The highest BCUT2D eigenvalue weighted by atomic mass is 16.6. The average molecular weight is 323 g/mol. The van der Waals surface area contributed by atoms with E-state index < -0.39 is 17.1 Å². The summed E-state index contributed by atoms with van der Waals surface area (Å²) in [5, 5.41) is 20.9. The lowest BCUT2D eigenvalue weighted by Crippen LogP contribution is -2.32. The summed E-state index contributed by atoms with van der Waals surface area (Å²) in [6.07, 6.45) is 17.0. The minimum atomic E-state index is -0.963. The van der Waals surface area contributed by atoms with Gasteiger partial charge in [-0.25, -0.2) is 0 Å². The molecule has 2 unspecified atom stereocenters. The van der Waals surface area contributed by atoms with E-state index >= 15 is 0 Å². The van der Waals surface area contributed by atoms with Gasteiger partial charge in [0.25, 0.3) is 0 Å². The lowest BCUT2D eigenvalue weighted by molar-refractivity contribution is -0.533. The monoisotopic (exact) mass is 323 g/mol. The number of carbonyl (C=O) groups excluding carboxylic acids is 1. The van der Waals surface area contributed by atoms with Crippen LogP contribution in [0, 0.1) is 10.1 Å². The van der Waals surface area contributed by atoms with Crippen LogP contribution < -0.4 is 0 Å². The Morgan fingerprint density at radius 1 is 1.00 bits per heavy atom. The van der Waals surface area contributed by atoms with Gasteiger partial charge in [-0.05, 0) is 38.5 Å². The van der Waals surface area contributed by atoms with Crippen molar-refractivity contribution in [2.24, 2.45) is 0 Å². The first-order valence-corrected chi connectivity index (χ1v) is 8.33. The number of nitrogens with zero attached hydrogens (tertiary/aromatic N) is 1. The summed E-state index contributed by atoms with van der Waals surface area (Å²) in [5.74, 6) is 0. The molecule has 0 aromatic carbocycles. The molecular weight excluding hydrogens is 294 g/mol. The maximum absolute atomic E-state index is 11.0. The van der Waals surface area contributed by atoms with Crippen molar-refractivity contribution in [3.8, 4) is 0 Å². The van der Waals surface area contributed by atoms with Crippen molar-refractivity contribution in [2.75, 3.05) is 0 Å². The van der Waals surface area contributed by atoms with Gasteiger partial charge in [0.05, 0.1) is 0 Å². The smallest absolute Gasteiger partial charge is 0.242 e. The molecule has 1 N–H and O–H groups in total. The Balaban J connectivity index is 3.97. The van der Waals surface area contributed by atoms with Gasteiger partial charge in [-0.3, -0.25) is 10.1 Å². The van der Waals surface area contributed by atoms with Gasteiger partial charge in [-0.1, -0.05) is 43.4 Å². The Kier molecular flexibility index (Phi) is 14.0. The summed E-state index contributed by atoms with van der Waals surface area (Å²) >= 11 is 0. The Bertz CT molecular complexity index is 402. The van der Waals surface area contributed by atoms with Crippen LogP contribution in [-0.4, -0.2) is 28.5 Å². The third-order valence-electron chi connectivity index (χ3n) is 3.42. The van der Waals surface area contributed by atoms with Gasteiger partial charge >= 0.3 is 0 Å². The zero-order valence-corrected chi connectivity index (χ0v) is 14.0. The molecule has 0 heterocycles. The Labute approximate surface area is 138 Å². The van der Waals surface area contributed by atoms with Crippen LogP contribution in [0.15, 0.2) is 36.5 Å². The van der Waals surface area contributed by atoms with Crippen LogP contribution in [0.4, 0.5) is 0 Å². The number of aldehydes is 1. The summed E-state index contributed by atoms with van der Waals surface area (Å²) in [6, 6.07) is -0.948. The highest BCUT2D eigenvalue weighted by Crippen LogP contribution is 2.10. The molecular formula is C18H29NO4. The number of aliphatic hydroxyl groups is 1. The SMILES string of the molecule is CC/C=C\CC(C(O)C/C=C\C/C=C\CCCCC=O)[N+](=O)[O-]. The van der Waals surface area contributed by atoms with Crippen molar-refractivity contribution in [2.45, 2.75) is 70.4 Å². The van der Waals surface area contributed by atoms with Crippen LogP contribution >= 0.6 is 0 Å². The van der Waals surface area contributed by atoms with Crippen LogP contribution in [0.25, 0.3) is 0 Å². The number of hydrogen-bond donors (Lipinski definition) is 1. The van der Waals surface area contributed by atoms with Gasteiger partial charge in [0, 0.05) is 17.8 Å². The third-order valence-corrected chi connectivity index (χ3v) is 3.42.